The number of para-hydroxylation sites is 1. The number of anilines is 1. The summed E-state index contributed by atoms with van der Waals surface area (Å²) >= 11 is 0. The van der Waals surface area contributed by atoms with E-state index in [1.54, 1.807) is 18.2 Å². The van der Waals surface area contributed by atoms with Gasteiger partial charge in [0.25, 0.3) is 0 Å². The number of nitrogens with two attached hydrogens (primary N) is 1. The third-order valence-corrected chi connectivity index (χ3v) is 4.39. The van der Waals surface area contributed by atoms with E-state index in [1.165, 1.54) is 6.07 Å². The number of sulfonamides is 1. The van der Waals surface area contributed by atoms with Gasteiger partial charge in [-0.15, -0.1) is 0 Å². The number of piperidine rings is 1. The Labute approximate surface area is 107 Å². The van der Waals surface area contributed by atoms with Gasteiger partial charge >= 0.3 is 0 Å². The quantitative estimate of drug-likeness (QED) is 0.821. The van der Waals surface area contributed by atoms with Crippen LogP contribution in [0, 0.1) is 5.92 Å². The average molecular weight is 270 g/mol. The summed E-state index contributed by atoms with van der Waals surface area (Å²) in [6, 6.07) is 6.64. The van der Waals surface area contributed by atoms with Crippen molar-refractivity contribution in [3.63, 3.8) is 0 Å². The van der Waals surface area contributed by atoms with Crippen LogP contribution in [0.5, 0.6) is 0 Å². The molecular formula is C12H18N2O3S. The van der Waals surface area contributed by atoms with E-state index >= 15 is 0 Å². The molecule has 1 aliphatic heterocycles. The lowest BCUT2D eigenvalue weighted by atomic mass is 9.96. The van der Waals surface area contributed by atoms with Crippen molar-refractivity contribution < 1.29 is 13.5 Å². The number of rotatable bonds is 2. The molecule has 5 nitrogen and oxygen atoms in total. The number of aliphatic hydroxyl groups is 1. The summed E-state index contributed by atoms with van der Waals surface area (Å²) < 4.78 is 23.1. The zero-order chi connectivity index (χ0) is 13.3. The Hall–Kier alpha value is -1.11. The van der Waals surface area contributed by atoms with Crippen molar-refractivity contribution in [2.75, 3.05) is 18.0 Å². The topological polar surface area (TPSA) is 83.6 Å². The van der Waals surface area contributed by atoms with Crippen LogP contribution in [-0.2, 0) is 10.0 Å². The molecule has 0 amide bonds. The molecule has 6 heteroatoms. The SMILES string of the molecule is CC1CCN(c2ccccc2S(N)(=O)=O)CC1O. The van der Waals surface area contributed by atoms with Crippen LogP contribution in [0.4, 0.5) is 5.69 Å². The van der Waals surface area contributed by atoms with E-state index < -0.39 is 16.1 Å². The molecule has 1 aliphatic rings. The Bertz CT molecular complexity index is 530. The van der Waals surface area contributed by atoms with Crippen molar-refractivity contribution in [2.24, 2.45) is 11.1 Å². The van der Waals surface area contributed by atoms with Gasteiger partial charge in [-0.3, -0.25) is 0 Å². The molecule has 0 bridgehead atoms. The minimum absolute atomic E-state index is 0.117. The van der Waals surface area contributed by atoms with Gasteiger partial charge in [-0.05, 0) is 24.5 Å². The molecule has 2 atom stereocenters. The van der Waals surface area contributed by atoms with Crippen molar-refractivity contribution in [2.45, 2.75) is 24.3 Å². The maximum absolute atomic E-state index is 11.5. The van der Waals surface area contributed by atoms with Crippen LogP contribution in [0.15, 0.2) is 29.2 Å². The highest BCUT2D eigenvalue weighted by molar-refractivity contribution is 7.89. The fourth-order valence-corrected chi connectivity index (χ4v) is 2.98. The Morgan fingerprint density at radius 3 is 2.67 bits per heavy atom. The molecule has 0 radical (unpaired) electrons. The second kappa shape index (κ2) is 4.87. The third kappa shape index (κ3) is 2.66. The molecule has 0 aromatic heterocycles. The lowest BCUT2D eigenvalue weighted by Gasteiger charge is -2.36. The zero-order valence-corrected chi connectivity index (χ0v) is 11.1. The summed E-state index contributed by atoms with van der Waals surface area (Å²) in [6.07, 6.45) is 0.396. The highest BCUT2D eigenvalue weighted by atomic mass is 32.2. The van der Waals surface area contributed by atoms with Crippen LogP contribution in [-0.4, -0.2) is 32.7 Å². The van der Waals surface area contributed by atoms with Crippen molar-refractivity contribution in [3.8, 4) is 0 Å². The second-order valence-electron chi connectivity index (χ2n) is 4.79. The maximum atomic E-state index is 11.5. The molecule has 100 valence electrons. The zero-order valence-electron chi connectivity index (χ0n) is 10.3. The molecule has 1 saturated heterocycles. The summed E-state index contributed by atoms with van der Waals surface area (Å²) in [5, 5.41) is 15.1. The predicted octanol–water partition coefficient (Wildman–Crippen LogP) is 0.541. The number of nitrogens with zero attached hydrogens (tertiary/aromatic N) is 1. The Kier molecular flexibility index (Phi) is 3.61. The fourth-order valence-electron chi connectivity index (χ4n) is 2.23. The standard InChI is InChI=1S/C12H18N2O3S/c1-9-6-7-14(8-11(9)15)10-4-2-3-5-12(10)18(13,16)17/h2-5,9,11,15H,6-8H2,1H3,(H2,13,16,17). The number of hydrogen-bond acceptors (Lipinski definition) is 4. The van der Waals surface area contributed by atoms with E-state index in [0.29, 0.717) is 12.2 Å². The minimum atomic E-state index is -3.74. The molecule has 18 heavy (non-hydrogen) atoms. The van der Waals surface area contributed by atoms with Crippen LogP contribution in [0.3, 0.4) is 0 Å². The van der Waals surface area contributed by atoms with Gasteiger partial charge < -0.3 is 10.0 Å². The molecule has 0 saturated carbocycles. The predicted molar refractivity (Wildman–Crippen MR) is 69.8 cm³/mol. The molecule has 2 unspecified atom stereocenters. The van der Waals surface area contributed by atoms with E-state index in [4.69, 9.17) is 5.14 Å². The average Bonchev–Trinajstić information content (AvgIpc) is 2.32. The summed E-state index contributed by atoms with van der Waals surface area (Å²) in [6.45, 7) is 3.16. The highest BCUT2D eigenvalue weighted by Gasteiger charge is 2.27. The fraction of sp³-hybridized carbons (Fsp3) is 0.500. The van der Waals surface area contributed by atoms with Gasteiger partial charge in [-0.2, -0.15) is 0 Å². The molecular weight excluding hydrogens is 252 g/mol. The summed E-state index contributed by atoms with van der Waals surface area (Å²) in [7, 11) is -3.74. The van der Waals surface area contributed by atoms with Crippen LogP contribution >= 0.6 is 0 Å². The Morgan fingerprint density at radius 1 is 1.39 bits per heavy atom. The molecule has 1 heterocycles. The van der Waals surface area contributed by atoms with E-state index in [-0.39, 0.29) is 10.8 Å². The first-order valence-electron chi connectivity index (χ1n) is 5.94. The van der Waals surface area contributed by atoms with Crippen molar-refractivity contribution in [3.05, 3.63) is 24.3 Å². The largest absolute Gasteiger partial charge is 0.391 e. The van der Waals surface area contributed by atoms with Crippen molar-refractivity contribution in [1.82, 2.24) is 0 Å². The van der Waals surface area contributed by atoms with E-state index in [1.807, 2.05) is 11.8 Å². The number of benzene rings is 1. The van der Waals surface area contributed by atoms with Crippen molar-refractivity contribution in [1.29, 1.82) is 0 Å². The molecule has 1 fully saturated rings. The number of hydrogen-bond donors (Lipinski definition) is 2. The molecule has 3 N–H and O–H groups in total. The van der Waals surface area contributed by atoms with Gasteiger partial charge in [-0.25, -0.2) is 13.6 Å². The van der Waals surface area contributed by atoms with Crippen LogP contribution in [0.1, 0.15) is 13.3 Å². The summed E-state index contributed by atoms with van der Waals surface area (Å²) in [5.41, 5.74) is 0.575. The summed E-state index contributed by atoms with van der Waals surface area (Å²) in [5.74, 6) is 0.239. The van der Waals surface area contributed by atoms with E-state index in [9.17, 15) is 13.5 Å². The molecule has 1 aromatic rings. The molecule has 0 spiro atoms. The third-order valence-electron chi connectivity index (χ3n) is 3.43. The van der Waals surface area contributed by atoms with E-state index in [2.05, 4.69) is 0 Å². The minimum Gasteiger partial charge on any atom is -0.391 e. The normalized spacial score (nSPS) is 25.2. The van der Waals surface area contributed by atoms with Gasteiger partial charge in [0, 0.05) is 13.1 Å². The molecule has 1 aromatic carbocycles. The second-order valence-corrected chi connectivity index (χ2v) is 6.32. The Balaban J connectivity index is 2.35. The first-order chi connectivity index (χ1) is 8.39. The number of aliphatic hydroxyl groups excluding tert-OH is 1. The van der Waals surface area contributed by atoms with Gasteiger partial charge in [-0.1, -0.05) is 19.1 Å². The summed E-state index contributed by atoms with van der Waals surface area (Å²) in [4.78, 5) is 2.00. The first kappa shape index (κ1) is 13.3. The van der Waals surface area contributed by atoms with Gasteiger partial charge in [0.05, 0.1) is 11.8 Å². The lowest BCUT2D eigenvalue weighted by Crippen LogP contribution is -2.43. The van der Waals surface area contributed by atoms with Crippen LogP contribution in [0.25, 0.3) is 0 Å². The first-order valence-corrected chi connectivity index (χ1v) is 7.49. The van der Waals surface area contributed by atoms with Gasteiger partial charge in [0.15, 0.2) is 0 Å². The maximum Gasteiger partial charge on any atom is 0.240 e. The molecule has 0 aliphatic carbocycles. The monoisotopic (exact) mass is 270 g/mol. The van der Waals surface area contributed by atoms with Crippen molar-refractivity contribution >= 4 is 15.7 Å². The lowest BCUT2D eigenvalue weighted by molar-refractivity contribution is 0.103. The smallest absolute Gasteiger partial charge is 0.240 e. The number of β-amino-alcohol motifs (C(OH)–C–C–N with tert-alkyl or cyclic N) is 1. The Morgan fingerprint density at radius 2 is 2.06 bits per heavy atom. The van der Waals surface area contributed by atoms with Gasteiger partial charge in [0.2, 0.25) is 10.0 Å². The van der Waals surface area contributed by atoms with Crippen LogP contribution < -0.4 is 10.0 Å². The highest BCUT2D eigenvalue weighted by Crippen LogP contribution is 2.28. The van der Waals surface area contributed by atoms with Gasteiger partial charge in [0.1, 0.15) is 4.90 Å². The van der Waals surface area contributed by atoms with Crippen LogP contribution in [0.2, 0.25) is 0 Å². The van der Waals surface area contributed by atoms with E-state index in [0.717, 1.165) is 13.0 Å². The number of primary sulfonamides is 1. The molecule has 2 rings (SSSR count).